The van der Waals surface area contributed by atoms with Gasteiger partial charge in [-0.2, -0.15) is 0 Å². The standard InChI is InChI=1S/C11H17NO3/c1-3-4-8-15-10(13)7-5-6-9(2)11(12)14/h5-7H,3-4,8H2,1-2H3,(H2,12,14)/b7-5+,9-6-. The number of allylic oxidation sites excluding steroid dienone is 2. The van der Waals surface area contributed by atoms with Crippen LogP contribution in [0.3, 0.4) is 0 Å². The number of rotatable bonds is 6. The predicted octanol–water partition coefficient (Wildman–Crippen LogP) is 1.32. The topological polar surface area (TPSA) is 69.4 Å². The Kier molecular flexibility index (Phi) is 6.97. The quantitative estimate of drug-likeness (QED) is 0.312. The average molecular weight is 211 g/mol. The molecule has 0 aromatic heterocycles. The molecule has 15 heavy (non-hydrogen) atoms. The third-order valence-electron chi connectivity index (χ3n) is 1.71. The van der Waals surface area contributed by atoms with Crippen molar-refractivity contribution in [3.05, 3.63) is 23.8 Å². The van der Waals surface area contributed by atoms with Gasteiger partial charge in [0.05, 0.1) is 6.61 Å². The molecule has 0 aliphatic rings. The summed E-state index contributed by atoms with van der Waals surface area (Å²) in [6, 6.07) is 0. The monoisotopic (exact) mass is 211 g/mol. The van der Waals surface area contributed by atoms with Crippen molar-refractivity contribution in [2.45, 2.75) is 26.7 Å². The van der Waals surface area contributed by atoms with Crippen LogP contribution in [0.1, 0.15) is 26.7 Å². The van der Waals surface area contributed by atoms with Crippen molar-refractivity contribution in [3.63, 3.8) is 0 Å². The summed E-state index contributed by atoms with van der Waals surface area (Å²) >= 11 is 0. The number of carbonyl (C=O) groups is 2. The first-order valence-electron chi connectivity index (χ1n) is 4.89. The molecule has 0 atom stereocenters. The summed E-state index contributed by atoms with van der Waals surface area (Å²) in [5, 5.41) is 0. The van der Waals surface area contributed by atoms with Gasteiger partial charge >= 0.3 is 5.97 Å². The Labute approximate surface area is 89.8 Å². The molecule has 0 heterocycles. The fourth-order valence-corrected chi connectivity index (χ4v) is 0.718. The van der Waals surface area contributed by atoms with E-state index in [1.807, 2.05) is 6.92 Å². The van der Waals surface area contributed by atoms with E-state index in [0.29, 0.717) is 12.2 Å². The molecule has 0 rings (SSSR count). The highest BCUT2D eigenvalue weighted by atomic mass is 16.5. The first-order valence-corrected chi connectivity index (χ1v) is 4.89. The third-order valence-corrected chi connectivity index (χ3v) is 1.71. The zero-order valence-electron chi connectivity index (χ0n) is 9.16. The van der Waals surface area contributed by atoms with Gasteiger partial charge in [0, 0.05) is 11.6 Å². The van der Waals surface area contributed by atoms with E-state index in [4.69, 9.17) is 10.5 Å². The number of nitrogens with two attached hydrogens (primary N) is 1. The number of hydrogen-bond donors (Lipinski definition) is 1. The fourth-order valence-electron chi connectivity index (χ4n) is 0.718. The summed E-state index contributed by atoms with van der Waals surface area (Å²) in [4.78, 5) is 21.6. The number of unbranched alkanes of at least 4 members (excludes halogenated alkanes) is 1. The van der Waals surface area contributed by atoms with E-state index >= 15 is 0 Å². The Bertz CT molecular complexity index is 280. The van der Waals surface area contributed by atoms with Gasteiger partial charge in [-0.15, -0.1) is 0 Å². The minimum absolute atomic E-state index is 0.396. The van der Waals surface area contributed by atoms with Crippen molar-refractivity contribution in [1.29, 1.82) is 0 Å². The van der Waals surface area contributed by atoms with Gasteiger partial charge in [-0.3, -0.25) is 4.79 Å². The highest BCUT2D eigenvalue weighted by Gasteiger charge is 1.96. The molecule has 1 amide bonds. The van der Waals surface area contributed by atoms with Gasteiger partial charge in [0.25, 0.3) is 0 Å². The first kappa shape index (κ1) is 13.4. The maximum absolute atomic E-state index is 11.0. The molecule has 2 N–H and O–H groups in total. The van der Waals surface area contributed by atoms with E-state index < -0.39 is 11.9 Å². The molecule has 0 saturated carbocycles. The van der Waals surface area contributed by atoms with E-state index in [0.717, 1.165) is 12.8 Å². The SMILES string of the molecule is CCCCOC(=O)/C=C/C=C(/C)C(N)=O. The number of carbonyl (C=O) groups excluding carboxylic acids is 2. The zero-order valence-corrected chi connectivity index (χ0v) is 9.16. The van der Waals surface area contributed by atoms with Gasteiger partial charge in [0.2, 0.25) is 5.91 Å². The molecule has 0 spiro atoms. The lowest BCUT2D eigenvalue weighted by molar-refractivity contribution is -0.137. The van der Waals surface area contributed by atoms with Crippen molar-refractivity contribution in [2.24, 2.45) is 5.73 Å². The molecule has 4 heteroatoms. The Morgan fingerprint density at radius 3 is 2.60 bits per heavy atom. The minimum Gasteiger partial charge on any atom is -0.463 e. The van der Waals surface area contributed by atoms with Crippen molar-refractivity contribution in [1.82, 2.24) is 0 Å². The molecule has 0 aromatic rings. The molecule has 0 unspecified atom stereocenters. The van der Waals surface area contributed by atoms with Gasteiger partial charge in [-0.1, -0.05) is 25.5 Å². The molecule has 0 bridgehead atoms. The van der Waals surface area contributed by atoms with Crippen LogP contribution in [0.2, 0.25) is 0 Å². The molecule has 0 aliphatic heterocycles. The van der Waals surface area contributed by atoms with Crippen LogP contribution in [0.4, 0.5) is 0 Å². The number of primary amides is 1. The van der Waals surface area contributed by atoms with E-state index in [-0.39, 0.29) is 0 Å². The molecular formula is C11H17NO3. The molecule has 4 nitrogen and oxygen atoms in total. The van der Waals surface area contributed by atoms with Gasteiger partial charge in [0.15, 0.2) is 0 Å². The largest absolute Gasteiger partial charge is 0.463 e. The van der Waals surface area contributed by atoms with E-state index in [1.165, 1.54) is 18.2 Å². The average Bonchev–Trinajstić information content (AvgIpc) is 2.18. The van der Waals surface area contributed by atoms with Crippen molar-refractivity contribution in [2.75, 3.05) is 6.61 Å². The molecule has 0 radical (unpaired) electrons. The van der Waals surface area contributed by atoms with Crippen LogP contribution in [-0.4, -0.2) is 18.5 Å². The van der Waals surface area contributed by atoms with Gasteiger partial charge in [-0.25, -0.2) is 4.79 Å². The van der Waals surface area contributed by atoms with Crippen LogP contribution in [0.15, 0.2) is 23.8 Å². The lowest BCUT2D eigenvalue weighted by Gasteiger charge is -1.98. The first-order chi connectivity index (χ1) is 7.07. The molecule has 0 aliphatic carbocycles. The van der Waals surface area contributed by atoms with Crippen LogP contribution in [0, 0.1) is 0 Å². The second-order valence-corrected chi connectivity index (χ2v) is 3.09. The third kappa shape index (κ3) is 7.49. The highest BCUT2D eigenvalue weighted by molar-refractivity contribution is 5.91. The maximum Gasteiger partial charge on any atom is 0.330 e. The number of ether oxygens (including phenoxy) is 1. The van der Waals surface area contributed by atoms with Crippen LogP contribution < -0.4 is 5.73 Å². The van der Waals surface area contributed by atoms with E-state index in [9.17, 15) is 9.59 Å². The molecular weight excluding hydrogens is 194 g/mol. The molecule has 0 saturated heterocycles. The Hall–Kier alpha value is -1.58. The second kappa shape index (κ2) is 7.79. The van der Waals surface area contributed by atoms with Gasteiger partial charge < -0.3 is 10.5 Å². The van der Waals surface area contributed by atoms with Crippen molar-refractivity contribution in [3.8, 4) is 0 Å². The Morgan fingerprint density at radius 1 is 1.40 bits per heavy atom. The van der Waals surface area contributed by atoms with Crippen LogP contribution in [0.5, 0.6) is 0 Å². The number of hydrogen-bond acceptors (Lipinski definition) is 3. The van der Waals surface area contributed by atoms with E-state index in [2.05, 4.69) is 0 Å². The second-order valence-electron chi connectivity index (χ2n) is 3.09. The zero-order chi connectivity index (χ0) is 11.7. The maximum atomic E-state index is 11.0. The summed E-state index contributed by atoms with van der Waals surface area (Å²) in [6.45, 7) is 4.02. The normalized spacial score (nSPS) is 11.7. The minimum atomic E-state index is -0.501. The molecule has 0 aromatic carbocycles. The fraction of sp³-hybridized carbons (Fsp3) is 0.455. The van der Waals surface area contributed by atoms with E-state index in [1.54, 1.807) is 6.92 Å². The summed E-state index contributed by atoms with van der Waals surface area (Å²) in [5.41, 5.74) is 5.39. The smallest absolute Gasteiger partial charge is 0.330 e. The van der Waals surface area contributed by atoms with Gasteiger partial charge in [0.1, 0.15) is 0 Å². The number of esters is 1. The summed E-state index contributed by atoms with van der Waals surface area (Å²) < 4.78 is 4.85. The van der Waals surface area contributed by atoms with Gasteiger partial charge in [-0.05, 0) is 13.3 Å². The highest BCUT2D eigenvalue weighted by Crippen LogP contribution is 1.93. The predicted molar refractivity (Wildman–Crippen MR) is 58.0 cm³/mol. The van der Waals surface area contributed by atoms with Crippen LogP contribution in [-0.2, 0) is 14.3 Å². The lowest BCUT2D eigenvalue weighted by atomic mass is 10.2. The summed E-state index contributed by atoms with van der Waals surface area (Å²) in [6.07, 6.45) is 6.04. The Morgan fingerprint density at radius 2 is 2.07 bits per heavy atom. The van der Waals surface area contributed by atoms with Crippen LogP contribution >= 0.6 is 0 Å². The summed E-state index contributed by atoms with van der Waals surface area (Å²) in [7, 11) is 0. The van der Waals surface area contributed by atoms with Crippen molar-refractivity contribution >= 4 is 11.9 Å². The van der Waals surface area contributed by atoms with Crippen LogP contribution in [0.25, 0.3) is 0 Å². The Balaban J connectivity index is 3.91. The lowest BCUT2D eigenvalue weighted by Crippen LogP contribution is -2.11. The molecule has 84 valence electrons. The molecule has 0 fully saturated rings. The number of amides is 1. The van der Waals surface area contributed by atoms with Crippen molar-refractivity contribution < 1.29 is 14.3 Å². The summed E-state index contributed by atoms with van der Waals surface area (Å²) in [5.74, 6) is -0.907.